The summed E-state index contributed by atoms with van der Waals surface area (Å²) in [6, 6.07) is 13.3. The van der Waals surface area contributed by atoms with Crippen LogP contribution in [0.5, 0.6) is 0 Å². The fourth-order valence-corrected chi connectivity index (χ4v) is 7.17. The van der Waals surface area contributed by atoms with Gasteiger partial charge in [-0.3, -0.25) is 14.1 Å². The minimum absolute atomic E-state index is 0.0327. The number of aryl methyl sites for hydroxylation is 1. The Morgan fingerprint density at radius 3 is 2.56 bits per heavy atom. The van der Waals surface area contributed by atoms with Crippen LogP contribution in [-0.4, -0.2) is 63.2 Å². The van der Waals surface area contributed by atoms with E-state index < -0.39 is 0 Å². The molecule has 3 aliphatic carbocycles. The molecule has 7 heteroatoms. The van der Waals surface area contributed by atoms with E-state index in [1.54, 1.807) is 18.3 Å². The van der Waals surface area contributed by atoms with Crippen molar-refractivity contribution in [1.82, 2.24) is 24.2 Å². The molecule has 1 aliphatic heterocycles. The summed E-state index contributed by atoms with van der Waals surface area (Å²) in [5, 5.41) is 0. The van der Waals surface area contributed by atoms with E-state index in [1.165, 1.54) is 11.1 Å². The van der Waals surface area contributed by atoms with Crippen LogP contribution in [0.3, 0.4) is 0 Å². The van der Waals surface area contributed by atoms with E-state index >= 15 is 4.39 Å². The molecule has 6 nitrogen and oxygen atoms in total. The number of piperazine rings is 1. The second-order valence-electron chi connectivity index (χ2n) is 12.2. The molecule has 0 spiro atoms. The number of hydrogen-bond donors (Lipinski definition) is 0. The molecule has 2 aromatic heterocycles. The molecule has 0 atom stereocenters. The molecule has 2 aromatic carbocycles. The zero-order valence-corrected chi connectivity index (χ0v) is 22.7. The summed E-state index contributed by atoms with van der Waals surface area (Å²) < 4.78 is 17.0. The molecule has 3 heterocycles. The SMILES string of the molecule is Cc1ccc(C(=O)Cc2ccc(CN3CCN(C)CC3)cc2F)cc1C12CC(c3cn4cccnc4n3)(C1)C2. The van der Waals surface area contributed by atoms with Gasteiger partial charge >= 0.3 is 0 Å². The molecule has 0 radical (unpaired) electrons. The molecular formula is C32H34FN5O. The minimum Gasteiger partial charge on any atom is -0.304 e. The second kappa shape index (κ2) is 9.07. The molecular weight excluding hydrogens is 489 g/mol. The number of aromatic nitrogens is 3. The molecule has 0 amide bonds. The lowest BCUT2D eigenvalue weighted by molar-refractivity contribution is -0.0723. The van der Waals surface area contributed by atoms with Crippen molar-refractivity contribution in [3.8, 4) is 0 Å². The van der Waals surface area contributed by atoms with E-state index in [-0.39, 0.29) is 28.9 Å². The number of ketones is 1. The number of carbonyl (C=O) groups excluding carboxylic acids is 1. The Kier molecular flexibility index (Phi) is 5.72. The monoisotopic (exact) mass is 523 g/mol. The standard InChI is InChI=1S/C32H34FN5O/c1-22-4-6-25(28(39)16-24-7-5-23(14-27(24)33)17-37-12-10-36(2)11-13-37)15-26(22)31-19-32(20-31,21-31)29-18-38-9-3-8-34-30(38)35-29/h3-9,14-15,18H,10-13,16-17,19-21H2,1-2H3. The number of imidazole rings is 1. The Morgan fingerprint density at radius 2 is 1.82 bits per heavy atom. The molecule has 8 rings (SSSR count). The Bertz CT molecular complexity index is 1530. The highest BCUT2D eigenvalue weighted by atomic mass is 19.1. The summed E-state index contributed by atoms with van der Waals surface area (Å²) in [6.45, 7) is 6.93. The Morgan fingerprint density at radius 1 is 1.03 bits per heavy atom. The molecule has 39 heavy (non-hydrogen) atoms. The summed E-state index contributed by atoms with van der Waals surface area (Å²) in [7, 11) is 2.13. The van der Waals surface area contributed by atoms with Gasteiger partial charge in [0, 0.05) is 68.7 Å². The van der Waals surface area contributed by atoms with E-state index in [9.17, 15) is 4.79 Å². The van der Waals surface area contributed by atoms with Crippen LogP contribution in [0.25, 0.3) is 5.78 Å². The van der Waals surface area contributed by atoms with Crippen LogP contribution in [0.1, 0.15) is 57.6 Å². The fourth-order valence-electron chi connectivity index (χ4n) is 7.17. The molecule has 3 saturated carbocycles. The average molecular weight is 524 g/mol. The first-order chi connectivity index (χ1) is 18.8. The van der Waals surface area contributed by atoms with E-state index in [2.05, 4.69) is 47.1 Å². The molecule has 1 saturated heterocycles. The van der Waals surface area contributed by atoms with E-state index in [1.807, 2.05) is 28.8 Å². The Hall–Kier alpha value is -3.42. The molecule has 4 aliphatic rings. The van der Waals surface area contributed by atoms with Gasteiger partial charge in [-0.15, -0.1) is 0 Å². The van der Waals surface area contributed by atoms with Gasteiger partial charge in [-0.1, -0.05) is 24.3 Å². The summed E-state index contributed by atoms with van der Waals surface area (Å²) in [5.41, 5.74) is 5.94. The maximum Gasteiger partial charge on any atom is 0.233 e. The van der Waals surface area contributed by atoms with Crippen LogP contribution >= 0.6 is 0 Å². The number of Topliss-reactive ketones (excluding diaryl/α,β-unsaturated/α-hetero) is 1. The third-order valence-corrected chi connectivity index (χ3v) is 9.41. The van der Waals surface area contributed by atoms with Crippen LogP contribution < -0.4 is 0 Å². The highest BCUT2D eigenvalue weighted by Crippen LogP contribution is 2.74. The number of hydrogen-bond acceptors (Lipinski definition) is 5. The Balaban J connectivity index is 1.04. The maximum atomic E-state index is 15.0. The van der Waals surface area contributed by atoms with Crippen molar-refractivity contribution in [2.75, 3.05) is 33.2 Å². The normalized spacial score (nSPS) is 24.9. The first-order valence-electron chi connectivity index (χ1n) is 14.0. The van der Waals surface area contributed by atoms with Crippen molar-refractivity contribution in [3.05, 3.63) is 100 Å². The van der Waals surface area contributed by atoms with Gasteiger partial charge in [0.05, 0.1) is 5.69 Å². The number of carbonyl (C=O) groups is 1. The van der Waals surface area contributed by atoms with Crippen LogP contribution in [0.15, 0.2) is 61.1 Å². The number of benzene rings is 2. The van der Waals surface area contributed by atoms with Gasteiger partial charge in [-0.25, -0.2) is 14.4 Å². The largest absolute Gasteiger partial charge is 0.304 e. The van der Waals surface area contributed by atoms with Crippen LogP contribution in [0.4, 0.5) is 4.39 Å². The van der Waals surface area contributed by atoms with Crippen molar-refractivity contribution in [2.45, 2.75) is 50.0 Å². The van der Waals surface area contributed by atoms with Crippen molar-refractivity contribution in [2.24, 2.45) is 0 Å². The molecule has 200 valence electrons. The highest BCUT2D eigenvalue weighted by Gasteiger charge is 2.70. The third-order valence-electron chi connectivity index (χ3n) is 9.41. The predicted octanol–water partition coefficient (Wildman–Crippen LogP) is 4.72. The van der Waals surface area contributed by atoms with Gasteiger partial charge < -0.3 is 4.90 Å². The summed E-state index contributed by atoms with van der Waals surface area (Å²) in [4.78, 5) is 27.1. The van der Waals surface area contributed by atoms with Gasteiger partial charge in [0.2, 0.25) is 5.78 Å². The molecule has 0 unspecified atom stereocenters. The average Bonchev–Trinajstić information content (AvgIpc) is 3.30. The lowest BCUT2D eigenvalue weighted by Crippen LogP contribution is -2.67. The van der Waals surface area contributed by atoms with Crippen molar-refractivity contribution >= 4 is 11.6 Å². The number of rotatable bonds is 7. The van der Waals surface area contributed by atoms with Crippen molar-refractivity contribution < 1.29 is 9.18 Å². The van der Waals surface area contributed by atoms with Crippen molar-refractivity contribution in [1.29, 1.82) is 0 Å². The summed E-state index contributed by atoms with van der Waals surface area (Å²) >= 11 is 0. The van der Waals surface area contributed by atoms with Crippen molar-refractivity contribution in [3.63, 3.8) is 0 Å². The quantitative estimate of drug-likeness (QED) is 0.328. The van der Waals surface area contributed by atoms with E-state index in [0.717, 1.165) is 69.0 Å². The van der Waals surface area contributed by atoms with Crippen LogP contribution in [0, 0.1) is 12.7 Å². The smallest absolute Gasteiger partial charge is 0.233 e. The third kappa shape index (κ3) is 4.19. The first-order valence-corrected chi connectivity index (χ1v) is 14.0. The maximum absolute atomic E-state index is 15.0. The molecule has 0 N–H and O–H groups in total. The molecule has 2 bridgehead atoms. The summed E-state index contributed by atoms with van der Waals surface area (Å²) in [6.07, 6.45) is 9.10. The van der Waals surface area contributed by atoms with E-state index in [0.29, 0.717) is 11.1 Å². The number of likely N-dealkylation sites (N-methyl/N-ethyl adjacent to an activating group) is 1. The minimum atomic E-state index is -0.286. The number of halogens is 1. The van der Waals surface area contributed by atoms with Gasteiger partial charge in [-0.2, -0.15) is 0 Å². The van der Waals surface area contributed by atoms with Gasteiger partial charge in [0.15, 0.2) is 5.78 Å². The number of nitrogens with zero attached hydrogens (tertiary/aromatic N) is 5. The second-order valence-corrected chi connectivity index (χ2v) is 12.2. The first kappa shape index (κ1) is 24.6. The Labute approximate surface area is 228 Å². The highest BCUT2D eigenvalue weighted by molar-refractivity contribution is 5.98. The topological polar surface area (TPSA) is 53.7 Å². The van der Waals surface area contributed by atoms with Crippen LogP contribution in [0.2, 0.25) is 0 Å². The molecule has 4 fully saturated rings. The predicted molar refractivity (Wildman–Crippen MR) is 149 cm³/mol. The van der Waals surface area contributed by atoms with Crippen LogP contribution in [-0.2, 0) is 23.8 Å². The molecule has 4 aromatic rings. The van der Waals surface area contributed by atoms with Gasteiger partial charge in [0.25, 0.3) is 0 Å². The zero-order valence-electron chi connectivity index (χ0n) is 22.7. The zero-order chi connectivity index (χ0) is 26.8. The van der Waals surface area contributed by atoms with Gasteiger partial charge in [0.1, 0.15) is 5.82 Å². The fraction of sp³-hybridized carbons (Fsp3) is 0.406. The lowest BCUT2D eigenvalue weighted by Gasteiger charge is -2.70. The summed E-state index contributed by atoms with van der Waals surface area (Å²) in [5.74, 6) is 0.426. The van der Waals surface area contributed by atoms with Gasteiger partial charge in [-0.05, 0) is 79.1 Å². The lowest BCUT2D eigenvalue weighted by atomic mass is 9.32. The number of fused-ring (bicyclic) bond motifs is 1. The van der Waals surface area contributed by atoms with E-state index in [4.69, 9.17) is 4.98 Å².